The van der Waals surface area contributed by atoms with E-state index in [1.807, 2.05) is 13.8 Å². The van der Waals surface area contributed by atoms with E-state index in [1.54, 1.807) is 30.6 Å². The summed E-state index contributed by atoms with van der Waals surface area (Å²) in [6, 6.07) is 6.58. The first-order chi connectivity index (χ1) is 9.16. The minimum absolute atomic E-state index is 0.274. The summed E-state index contributed by atoms with van der Waals surface area (Å²) < 4.78 is 13.7. The van der Waals surface area contributed by atoms with E-state index < -0.39 is 0 Å². The smallest absolute Gasteiger partial charge is 0.132 e. The minimum atomic E-state index is -0.274. The van der Waals surface area contributed by atoms with Gasteiger partial charge >= 0.3 is 0 Å². The number of hydrogen-bond donors (Lipinski definition) is 0. The number of aryl methyl sites for hydroxylation is 2. The molecule has 3 aromatic rings. The lowest BCUT2D eigenvalue weighted by atomic mass is 10.1. The Balaban J connectivity index is 2.31. The number of nitrogens with zero attached hydrogens (tertiary/aromatic N) is 3. The second-order valence-electron chi connectivity index (χ2n) is 4.42. The van der Waals surface area contributed by atoms with Crippen molar-refractivity contribution in [1.82, 2.24) is 15.0 Å². The largest absolute Gasteiger partial charge is 0.257 e. The predicted octanol–water partition coefficient (Wildman–Crippen LogP) is 3.45. The van der Waals surface area contributed by atoms with Gasteiger partial charge in [-0.2, -0.15) is 0 Å². The van der Waals surface area contributed by atoms with Crippen molar-refractivity contribution in [3.8, 4) is 11.3 Å². The van der Waals surface area contributed by atoms with Crippen LogP contribution in [0.4, 0.5) is 4.39 Å². The van der Waals surface area contributed by atoms with Gasteiger partial charge in [-0.25, -0.2) is 9.37 Å². The predicted molar refractivity (Wildman–Crippen MR) is 72.2 cm³/mol. The van der Waals surface area contributed by atoms with Gasteiger partial charge < -0.3 is 0 Å². The van der Waals surface area contributed by atoms with E-state index in [1.165, 1.54) is 6.07 Å². The molecule has 0 saturated heterocycles. The number of hydrogen-bond acceptors (Lipinski definition) is 3. The maximum absolute atomic E-state index is 13.7. The summed E-state index contributed by atoms with van der Waals surface area (Å²) in [7, 11) is 0. The number of halogens is 1. The van der Waals surface area contributed by atoms with Gasteiger partial charge in [0.15, 0.2) is 0 Å². The summed E-state index contributed by atoms with van der Waals surface area (Å²) in [6.45, 7) is 3.82. The van der Waals surface area contributed by atoms with Crippen molar-refractivity contribution in [1.29, 1.82) is 0 Å². The Bertz CT molecular complexity index is 768. The molecule has 0 atom stereocenters. The quantitative estimate of drug-likeness (QED) is 0.666. The molecule has 0 aliphatic carbocycles. The molecular weight excluding hydrogens is 241 g/mol. The van der Waals surface area contributed by atoms with Crippen molar-refractivity contribution >= 4 is 10.9 Å². The van der Waals surface area contributed by atoms with Gasteiger partial charge in [-0.05, 0) is 38.1 Å². The first-order valence-electron chi connectivity index (χ1n) is 6.00. The summed E-state index contributed by atoms with van der Waals surface area (Å²) >= 11 is 0. The molecule has 2 aromatic heterocycles. The van der Waals surface area contributed by atoms with E-state index >= 15 is 0 Å². The highest BCUT2D eigenvalue weighted by molar-refractivity contribution is 5.92. The van der Waals surface area contributed by atoms with Crippen LogP contribution in [0.15, 0.2) is 36.7 Å². The van der Waals surface area contributed by atoms with E-state index in [0.29, 0.717) is 16.6 Å². The van der Waals surface area contributed by atoms with E-state index in [9.17, 15) is 4.39 Å². The van der Waals surface area contributed by atoms with Gasteiger partial charge in [0.2, 0.25) is 0 Å². The summed E-state index contributed by atoms with van der Waals surface area (Å²) in [5, 5.41) is 0.500. The van der Waals surface area contributed by atoms with Gasteiger partial charge in [-0.15, -0.1) is 0 Å². The van der Waals surface area contributed by atoms with Crippen molar-refractivity contribution in [2.45, 2.75) is 13.8 Å². The lowest BCUT2D eigenvalue weighted by molar-refractivity contribution is 0.639. The maximum atomic E-state index is 13.7. The highest BCUT2D eigenvalue weighted by Crippen LogP contribution is 2.27. The van der Waals surface area contributed by atoms with Gasteiger partial charge in [-0.1, -0.05) is 0 Å². The Morgan fingerprint density at radius 3 is 2.63 bits per heavy atom. The van der Waals surface area contributed by atoms with Gasteiger partial charge in [0.05, 0.1) is 28.8 Å². The molecule has 94 valence electrons. The second kappa shape index (κ2) is 4.39. The zero-order valence-corrected chi connectivity index (χ0v) is 10.7. The van der Waals surface area contributed by atoms with Gasteiger partial charge in [-0.3, -0.25) is 9.97 Å². The zero-order valence-electron chi connectivity index (χ0n) is 10.7. The van der Waals surface area contributed by atoms with Gasteiger partial charge in [0.25, 0.3) is 0 Å². The van der Waals surface area contributed by atoms with Gasteiger partial charge in [0, 0.05) is 17.1 Å². The molecule has 0 bridgehead atoms. The molecule has 3 nitrogen and oxygen atoms in total. The molecule has 0 radical (unpaired) electrons. The summed E-state index contributed by atoms with van der Waals surface area (Å²) in [4.78, 5) is 13.1. The summed E-state index contributed by atoms with van der Waals surface area (Å²) in [5.74, 6) is -0.274. The molecule has 3 rings (SSSR count). The molecule has 0 unspecified atom stereocenters. The fourth-order valence-electron chi connectivity index (χ4n) is 2.02. The highest BCUT2D eigenvalue weighted by Gasteiger charge is 2.10. The number of pyridine rings is 1. The molecular formula is C15H12FN3. The number of rotatable bonds is 1. The van der Waals surface area contributed by atoms with Crippen molar-refractivity contribution in [3.05, 3.63) is 53.9 Å². The third-order valence-corrected chi connectivity index (χ3v) is 3.18. The third kappa shape index (κ3) is 1.95. The molecule has 0 fully saturated rings. The molecule has 0 N–H and O–H groups in total. The first-order valence-corrected chi connectivity index (χ1v) is 6.00. The Hall–Kier alpha value is -2.36. The van der Waals surface area contributed by atoms with E-state index in [4.69, 9.17) is 0 Å². The van der Waals surface area contributed by atoms with Crippen LogP contribution in [0.3, 0.4) is 0 Å². The molecule has 4 heteroatoms. The molecule has 2 heterocycles. The van der Waals surface area contributed by atoms with Crippen LogP contribution in [0.2, 0.25) is 0 Å². The standard InChI is InChI=1S/C15H12FN3/c1-9-10(2)19-14(8-18-9)12-5-6-13(16)11-4-3-7-17-15(11)12/h3-8H,1-2H3. The van der Waals surface area contributed by atoms with Crippen LogP contribution in [0.1, 0.15) is 11.4 Å². The average Bonchev–Trinajstić information content (AvgIpc) is 2.43. The fourth-order valence-corrected chi connectivity index (χ4v) is 2.02. The van der Waals surface area contributed by atoms with E-state index in [2.05, 4.69) is 15.0 Å². The number of aromatic nitrogens is 3. The van der Waals surface area contributed by atoms with Crippen molar-refractivity contribution < 1.29 is 4.39 Å². The van der Waals surface area contributed by atoms with Gasteiger partial charge in [0.1, 0.15) is 5.82 Å². The topological polar surface area (TPSA) is 38.7 Å². The van der Waals surface area contributed by atoms with Crippen LogP contribution in [-0.4, -0.2) is 15.0 Å². The van der Waals surface area contributed by atoms with Crippen molar-refractivity contribution in [3.63, 3.8) is 0 Å². The van der Waals surface area contributed by atoms with E-state index in [0.717, 1.165) is 17.0 Å². The summed E-state index contributed by atoms with van der Waals surface area (Å²) in [6.07, 6.45) is 3.35. The van der Waals surface area contributed by atoms with Crippen LogP contribution in [0.25, 0.3) is 22.2 Å². The number of fused-ring (bicyclic) bond motifs is 1. The van der Waals surface area contributed by atoms with Crippen LogP contribution in [0.5, 0.6) is 0 Å². The molecule has 0 spiro atoms. The van der Waals surface area contributed by atoms with E-state index in [-0.39, 0.29) is 5.82 Å². The highest BCUT2D eigenvalue weighted by atomic mass is 19.1. The minimum Gasteiger partial charge on any atom is -0.257 e. The number of benzene rings is 1. The third-order valence-electron chi connectivity index (χ3n) is 3.18. The molecule has 1 aromatic carbocycles. The van der Waals surface area contributed by atoms with Crippen LogP contribution in [0, 0.1) is 19.7 Å². The fraction of sp³-hybridized carbons (Fsp3) is 0.133. The first kappa shape index (κ1) is 11.7. The SMILES string of the molecule is Cc1ncc(-c2ccc(F)c3cccnc23)nc1C. The molecule has 0 aliphatic rings. The lowest BCUT2D eigenvalue weighted by Gasteiger charge is -2.07. The van der Waals surface area contributed by atoms with Crippen LogP contribution >= 0.6 is 0 Å². The Labute approximate surface area is 110 Å². The zero-order chi connectivity index (χ0) is 13.4. The summed E-state index contributed by atoms with van der Waals surface area (Å²) in [5.41, 5.74) is 3.88. The lowest BCUT2D eigenvalue weighted by Crippen LogP contribution is -1.95. The van der Waals surface area contributed by atoms with Crippen LogP contribution < -0.4 is 0 Å². The normalized spacial score (nSPS) is 10.9. The maximum Gasteiger partial charge on any atom is 0.132 e. The molecule has 0 amide bonds. The Morgan fingerprint density at radius 2 is 1.84 bits per heavy atom. The Morgan fingerprint density at radius 1 is 1.00 bits per heavy atom. The molecule has 0 saturated carbocycles. The molecule has 0 aliphatic heterocycles. The van der Waals surface area contributed by atoms with Crippen LogP contribution in [-0.2, 0) is 0 Å². The van der Waals surface area contributed by atoms with Crippen molar-refractivity contribution in [2.24, 2.45) is 0 Å². The monoisotopic (exact) mass is 253 g/mol. The molecule has 19 heavy (non-hydrogen) atoms. The Kier molecular flexibility index (Phi) is 2.71. The average molecular weight is 253 g/mol. The second-order valence-corrected chi connectivity index (χ2v) is 4.42. The van der Waals surface area contributed by atoms with Crippen molar-refractivity contribution in [2.75, 3.05) is 0 Å².